The fourth-order valence-corrected chi connectivity index (χ4v) is 9.52. The first-order chi connectivity index (χ1) is 26.8. The molecule has 0 N–H and O–H groups in total. The minimum Gasteiger partial charge on any atom is -0.309 e. The van der Waals surface area contributed by atoms with Crippen molar-refractivity contribution >= 4 is 66.4 Å². The Hall–Kier alpha value is -6.96. The predicted molar refractivity (Wildman–Crippen MR) is 220 cm³/mol. The van der Waals surface area contributed by atoms with Gasteiger partial charge in [-0.25, -0.2) is 4.98 Å². The summed E-state index contributed by atoms with van der Waals surface area (Å²) >= 11 is 1.83. The SMILES string of the molecule is c1ccc(-c2nc(-c3cccc(-n4c5ccccc5c5ccccc54)c3)nc(-n3c4ccccc4c4c5cccc6c5n(c43)-c3ccccc3S6)n2)cc1. The van der Waals surface area contributed by atoms with Crippen LogP contribution in [0.2, 0.25) is 0 Å². The topological polar surface area (TPSA) is 53.5 Å². The molecule has 11 aromatic rings. The number of aromatic nitrogens is 6. The van der Waals surface area contributed by atoms with Crippen LogP contribution in [0.1, 0.15) is 0 Å². The van der Waals surface area contributed by atoms with E-state index in [0.717, 1.165) is 50.1 Å². The number of benzene rings is 7. The molecule has 6 nitrogen and oxygen atoms in total. The molecule has 12 rings (SSSR count). The van der Waals surface area contributed by atoms with Gasteiger partial charge < -0.3 is 4.57 Å². The van der Waals surface area contributed by atoms with E-state index in [-0.39, 0.29) is 0 Å². The molecule has 0 unspecified atom stereocenters. The lowest BCUT2D eigenvalue weighted by atomic mass is 10.1. The molecule has 0 aliphatic carbocycles. The van der Waals surface area contributed by atoms with Crippen LogP contribution in [0.25, 0.3) is 94.7 Å². The second-order valence-electron chi connectivity index (χ2n) is 13.7. The van der Waals surface area contributed by atoms with Crippen LogP contribution in [-0.4, -0.2) is 28.7 Å². The molecular weight excluding hydrogens is 681 g/mol. The van der Waals surface area contributed by atoms with Crippen molar-refractivity contribution in [2.45, 2.75) is 9.79 Å². The predicted octanol–water partition coefficient (Wildman–Crippen LogP) is 11.8. The highest BCUT2D eigenvalue weighted by molar-refractivity contribution is 7.99. The van der Waals surface area contributed by atoms with Gasteiger partial charge in [0.25, 0.3) is 0 Å². The van der Waals surface area contributed by atoms with Crippen LogP contribution >= 0.6 is 11.8 Å². The van der Waals surface area contributed by atoms with Crippen LogP contribution in [0.5, 0.6) is 0 Å². The van der Waals surface area contributed by atoms with E-state index in [2.05, 4.69) is 165 Å². The zero-order valence-corrected chi connectivity index (χ0v) is 29.6. The van der Waals surface area contributed by atoms with Crippen LogP contribution in [0.15, 0.2) is 180 Å². The summed E-state index contributed by atoms with van der Waals surface area (Å²) in [5, 5.41) is 6.02. The maximum absolute atomic E-state index is 5.37. The standard InChI is InChI=1S/C47H28N6S/c1-2-14-29(15-3-1)44-48-45(30-16-12-17-31(28-30)51-36-22-7-4-18-32(36)33-19-5-8-23-37(33)51)50-47(49-44)53-38-24-9-6-20-34(38)42-35-21-13-27-41-43(35)52(46(42)53)39-25-10-11-26-40(39)54-41/h1-28H. The molecule has 0 spiro atoms. The zero-order chi connectivity index (χ0) is 35.3. The molecule has 7 aromatic carbocycles. The van der Waals surface area contributed by atoms with Crippen molar-refractivity contribution in [1.29, 1.82) is 0 Å². The smallest absolute Gasteiger partial charge is 0.239 e. The highest BCUT2D eigenvalue weighted by Crippen LogP contribution is 2.49. The van der Waals surface area contributed by atoms with E-state index in [1.807, 2.05) is 30.0 Å². The van der Waals surface area contributed by atoms with E-state index in [0.29, 0.717) is 17.6 Å². The second-order valence-corrected chi connectivity index (χ2v) is 14.8. The van der Waals surface area contributed by atoms with Crippen molar-refractivity contribution < 1.29 is 0 Å². The summed E-state index contributed by atoms with van der Waals surface area (Å²) < 4.78 is 7.00. The van der Waals surface area contributed by atoms with Crippen LogP contribution in [0.3, 0.4) is 0 Å². The molecule has 4 aromatic heterocycles. The van der Waals surface area contributed by atoms with Gasteiger partial charge in [0.2, 0.25) is 5.95 Å². The summed E-state index contributed by atoms with van der Waals surface area (Å²) in [5.41, 5.74) is 9.66. The lowest BCUT2D eigenvalue weighted by Crippen LogP contribution is -2.10. The van der Waals surface area contributed by atoms with E-state index in [9.17, 15) is 0 Å². The number of para-hydroxylation sites is 5. The van der Waals surface area contributed by atoms with Gasteiger partial charge in [-0.05, 0) is 48.5 Å². The molecule has 7 heteroatoms. The summed E-state index contributed by atoms with van der Waals surface area (Å²) in [4.78, 5) is 18.3. The summed E-state index contributed by atoms with van der Waals surface area (Å²) in [7, 11) is 0. The number of rotatable bonds is 4. The Morgan fingerprint density at radius 3 is 1.76 bits per heavy atom. The van der Waals surface area contributed by atoms with Gasteiger partial charge in [-0.15, -0.1) is 0 Å². The molecule has 252 valence electrons. The highest BCUT2D eigenvalue weighted by atomic mass is 32.2. The summed E-state index contributed by atoms with van der Waals surface area (Å²) in [6.07, 6.45) is 0. The number of hydrogen-bond acceptors (Lipinski definition) is 4. The van der Waals surface area contributed by atoms with Crippen molar-refractivity contribution in [3.63, 3.8) is 0 Å². The third kappa shape index (κ3) is 4.15. The van der Waals surface area contributed by atoms with E-state index < -0.39 is 0 Å². The highest BCUT2D eigenvalue weighted by Gasteiger charge is 2.29. The lowest BCUT2D eigenvalue weighted by molar-refractivity contribution is 0.926. The Morgan fingerprint density at radius 2 is 0.981 bits per heavy atom. The maximum Gasteiger partial charge on any atom is 0.239 e. The normalized spacial score (nSPS) is 12.4. The molecule has 5 heterocycles. The molecule has 1 aliphatic heterocycles. The van der Waals surface area contributed by atoms with Gasteiger partial charge in [-0.3, -0.25) is 9.13 Å². The number of hydrogen-bond donors (Lipinski definition) is 0. The fraction of sp³-hybridized carbons (Fsp3) is 0. The van der Waals surface area contributed by atoms with Gasteiger partial charge in [-0.1, -0.05) is 133 Å². The maximum atomic E-state index is 5.37. The van der Waals surface area contributed by atoms with Crippen molar-refractivity contribution in [3.8, 4) is 40.1 Å². The van der Waals surface area contributed by atoms with E-state index in [1.165, 1.54) is 36.9 Å². The largest absolute Gasteiger partial charge is 0.309 e. The molecule has 0 bridgehead atoms. The number of nitrogens with zero attached hydrogens (tertiary/aromatic N) is 6. The summed E-state index contributed by atoms with van der Waals surface area (Å²) in [6, 6.07) is 59.9. The molecule has 0 radical (unpaired) electrons. The van der Waals surface area contributed by atoms with Crippen LogP contribution in [-0.2, 0) is 0 Å². The molecule has 0 fully saturated rings. The number of fused-ring (bicyclic) bond motifs is 10. The minimum absolute atomic E-state index is 0.573. The Bertz CT molecular complexity index is 3260. The van der Waals surface area contributed by atoms with Gasteiger partial charge >= 0.3 is 0 Å². The van der Waals surface area contributed by atoms with E-state index in [4.69, 9.17) is 15.0 Å². The molecule has 54 heavy (non-hydrogen) atoms. The van der Waals surface area contributed by atoms with Gasteiger partial charge in [0, 0.05) is 53.5 Å². The average Bonchev–Trinajstić information content (AvgIpc) is 3.88. The van der Waals surface area contributed by atoms with Gasteiger partial charge in [0.05, 0.1) is 27.8 Å². The lowest BCUT2D eigenvalue weighted by Gasteiger charge is -2.20. The monoisotopic (exact) mass is 708 g/mol. The minimum atomic E-state index is 0.573. The van der Waals surface area contributed by atoms with Gasteiger partial charge in [-0.2, -0.15) is 9.97 Å². The zero-order valence-electron chi connectivity index (χ0n) is 28.8. The van der Waals surface area contributed by atoms with Gasteiger partial charge in [0.1, 0.15) is 5.65 Å². The summed E-state index contributed by atoms with van der Waals surface area (Å²) in [6.45, 7) is 0. The molecule has 0 saturated heterocycles. The average molecular weight is 709 g/mol. The first-order valence-electron chi connectivity index (χ1n) is 18.0. The Balaban J connectivity index is 1.16. The first kappa shape index (κ1) is 29.6. The van der Waals surface area contributed by atoms with Crippen LogP contribution in [0, 0.1) is 0 Å². The van der Waals surface area contributed by atoms with E-state index >= 15 is 0 Å². The van der Waals surface area contributed by atoms with Crippen molar-refractivity contribution in [2.24, 2.45) is 0 Å². The molecule has 1 aliphatic rings. The molecule has 0 amide bonds. The third-order valence-corrected chi connectivity index (χ3v) is 11.8. The quantitative estimate of drug-likeness (QED) is 0.183. The molecule has 0 atom stereocenters. The Morgan fingerprint density at radius 1 is 0.407 bits per heavy atom. The van der Waals surface area contributed by atoms with Crippen LogP contribution in [0.4, 0.5) is 0 Å². The van der Waals surface area contributed by atoms with Gasteiger partial charge in [0.15, 0.2) is 11.6 Å². The third-order valence-electron chi connectivity index (χ3n) is 10.7. The molecule has 0 saturated carbocycles. The fourth-order valence-electron chi connectivity index (χ4n) is 8.43. The molecular formula is C47H28N6S. The second kappa shape index (κ2) is 11.3. The van der Waals surface area contributed by atoms with Crippen molar-refractivity contribution in [3.05, 3.63) is 170 Å². The van der Waals surface area contributed by atoms with Crippen molar-refractivity contribution in [1.82, 2.24) is 28.7 Å². The Kier molecular flexibility index (Phi) is 6.18. The van der Waals surface area contributed by atoms with Crippen molar-refractivity contribution in [2.75, 3.05) is 0 Å². The van der Waals surface area contributed by atoms with Crippen LogP contribution < -0.4 is 0 Å². The summed E-state index contributed by atoms with van der Waals surface area (Å²) in [5.74, 6) is 1.80. The first-order valence-corrected chi connectivity index (χ1v) is 18.9. The van der Waals surface area contributed by atoms with E-state index in [1.54, 1.807) is 0 Å². The Labute approximate surface area is 313 Å².